The van der Waals surface area contributed by atoms with E-state index in [-0.39, 0.29) is 11.5 Å². The zero-order valence-electron chi connectivity index (χ0n) is 19.0. The molecule has 0 radical (unpaired) electrons. The molecule has 1 fully saturated rings. The third-order valence-electron chi connectivity index (χ3n) is 6.93. The summed E-state index contributed by atoms with van der Waals surface area (Å²) in [5, 5.41) is 1.03. The van der Waals surface area contributed by atoms with Gasteiger partial charge in [-0.3, -0.25) is 4.90 Å². The second-order valence-electron chi connectivity index (χ2n) is 9.47. The van der Waals surface area contributed by atoms with Crippen molar-refractivity contribution in [3.63, 3.8) is 0 Å². The van der Waals surface area contributed by atoms with Crippen molar-refractivity contribution in [1.82, 2.24) is 9.62 Å². The molecular formula is C26H30N2O4S. The van der Waals surface area contributed by atoms with Gasteiger partial charge in [0.25, 0.3) is 0 Å². The molecule has 2 aromatic carbocycles. The number of benzene rings is 2. The van der Waals surface area contributed by atoms with E-state index in [1.165, 1.54) is 11.1 Å². The van der Waals surface area contributed by atoms with Crippen molar-refractivity contribution in [2.45, 2.75) is 50.5 Å². The fraction of sp³-hybridized carbons (Fsp3) is 0.423. The third kappa shape index (κ3) is 4.90. The molecule has 5 rings (SSSR count). The van der Waals surface area contributed by atoms with Gasteiger partial charge in [0.15, 0.2) is 0 Å². The largest absolute Gasteiger partial charge is 0.423 e. The van der Waals surface area contributed by atoms with Crippen LogP contribution in [0.25, 0.3) is 11.0 Å². The van der Waals surface area contributed by atoms with Gasteiger partial charge in [0.1, 0.15) is 5.58 Å². The van der Waals surface area contributed by atoms with Crippen LogP contribution in [-0.2, 0) is 29.4 Å². The highest BCUT2D eigenvalue weighted by molar-refractivity contribution is 7.89. The summed E-state index contributed by atoms with van der Waals surface area (Å²) >= 11 is 0. The highest BCUT2D eigenvalue weighted by Gasteiger charge is 2.24. The number of nitrogens with zero attached hydrogens (tertiary/aromatic N) is 1. The van der Waals surface area contributed by atoms with E-state index in [1.54, 1.807) is 18.2 Å². The van der Waals surface area contributed by atoms with E-state index in [0.717, 1.165) is 61.7 Å². The first-order chi connectivity index (χ1) is 15.9. The van der Waals surface area contributed by atoms with Gasteiger partial charge in [-0.05, 0) is 92.4 Å². The molecule has 33 heavy (non-hydrogen) atoms. The van der Waals surface area contributed by atoms with Crippen molar-refractivity contribution in [3.8, 4) is 0 Å². The molecule has 2 heterocycles. The molecule has 1 atom stereocenters. The second-order valence-corrected chi connectivity index (χ2v) is 11.2. The molecular weight excluding hydrogens is 436 g/mol. The van der Waals surface area contributed by atoms with Gasteiger partial charge in [-0.2, -0.15) is 0 Å². The molecule has 1 aliphatic carbocycles. The van der Waals surface area contributed by atoms with Crippen LogP contribution < -0.4 is 10.3 Å². The van der Waals surface area contributed by atoms with E-state index >= 15 is 0 Å². The molecule has 6 nitrogen and oxygen atoms in total. The van der Waals surface area contributed by atoms with Crippen LogP contribution in [0.4, 0.5) is 0 Å². The Balaban J connectivity index is 1.28. The smallest absolute Gasteiger partial charge is 0.336 e. The third-order valence-corrected chi connectivity index (χ3v) is 8.37. The lowest BCUT2D eigenvalue weighted by molar-refractivity contribution is 0.169. The molecule has 0 bridgehead atoms. The van der Waals surface area contributed by atoms with Gasteiger partial charge in [0, 0.05) is 31.1 Å². The first-order valence-corrected chi connectivity index (χ1v) is 13.2. The average Bonchev–Trinajstić information content (AvgIpc) is 3.24. The van der Waals surface area contributed by atoms with Gasteiger partial charge >= 0.3 is 5.63 Å². The molecule has 174 valence electrons. The van der Waals surface area contributed by atoms with Gasteiger partial charge in [0.2, 0.25) is 10.0 Å². The predicted octanol–water partition coefficient (Wildman–Crippen LogP) is 3.78. The van der Waals surface area contributed by atoms with E-state index in [1.807, 2.05) is 25.1 Å². The van der Waals surface area contributed by atoms with Crippen molar-refractivity contribution in [2.24, 2.45) is 5.92 Å². The predicted molar refractivity (Wildman–Crippen MR) is 129 cm³/mol. The maximum Gasteiger partial charge on any atom is 0.336 e. The fourth-order valence-electron chi connectivity index (χ4n) is 5.16. The molecule has 1 aliphatic heterocycles. The lowest BCUT2D eigenvalue weighted by atomic mass is 9.97. The molecule has 1 N–H and O–H groups in total. The maximum atomic E-state index is 12.7. The molecule has 0 amide bonds. The van der Waals surface area contributed by atoms with Crippen molar-refractivity contribution in [3.05, 3.63) is 75.1 Å². The summed E-state index contributed by atoms with van der Waals surface area (Å²) in [4.78, 5) is 14.8. The molecule has 0 spiro atoms. The Kier molecular flexibility index (Phi) is 6.12. The Labute approximate surface area is 194 Å². The monoisotopic (exact) mass is 466 g/mol. The Morgan fingerprint density at radius 3 is 2.61 bits per heavy atom. The topological polar surface area (TPSA) is 79.6 Å². The number of hydrogen-bond donors (Lipinski definition) is 1. The zero-order chi connectivity index (χ0) is 23.0. The van der Waals surface area contributed by atoms with Crippen molar-refractivity contribution < 1.29 is 12.8 Å². The van der Waals surface area contributed by atoms with E-state index < -0.39 is 10.0 Å². The van der Waals surface area contributed by atoms with Gasteiger partial charge < -0.3 is 4.42 Å². The summed E-state index contributed by atoms with van der Waals surface area (Å²) in [7, 11) is -3.52. The van der Waals surface area contributed by atoms with E-state index in [4.69, 9.17) is 4.42 Å². The number of fused-ring (bicyclic) bond motifs is 2. The Hall–Kier alpha value is -2.48. The number of rotatable bonds is 6. The first kappa shape index (κ1) is 22.3. The Morgan fingerprint density at radius 2 is 1.82 bits per heavy atom. The Bertz CT molecular complexity index is 1330. The Morgan fingerprint density at radius 1 is 1.06 bits per heavy atom. The summed E-state index contributed by atoms with van der Waals surface area (Å²) in [5.74, 6) is 0.231. The molecule has 3 aromatic rings. The summed E-state index contributed by atoms with van der Waals surface area (Å²) in [5.41, 5.74) is 5.05. The first-order valence-electron chi connectivity index (χ1n) is 11.7. The van der Waals surface area contributed by atoms with Crippen LogP contribution in [0.5, 0.6) is 0 Å². The number of nitrogens with one attached hydrogen (secondary N) is 1. The number of piperidine rings is 1. The lowest BCUT2D eigenvalue weighted by Gasteiger charge is -2.33. The van der Waals surface area contributed by atoms with E-state index in [9.17, 15) is 13.2 Å². The molecule has 2 aliphatic rings. The van der Waals surface area contributed by atoms with Crippen LogP contribution in [0.1, 0.15) is 41.5 Å². The lowest BCUT2D eigenvalue weighted by Crippen LogP contribution is -2.40. The summed E-state index contributed by atoms with van der Waals surface area (Å²) in [6, 6.07) is 12.8. The number of sulfonamides is 1. The minimum absolute atomic E-state index is 0.231. The highest BCUT2D eigenvalue weighted by atomic mass is 32.2. The molecule has 0 saturated carbocycles. The SMILES string of the molecule is Cc1ccc(S(=O)(=O)NCC2CCCN(Cc3cc(=O)oc4cc5c(cc34)CCC5)C2)cc1. The molecule has 7 heteroatoms. The van der Waals surface area contributed by atoms with Gasteiger partial charge in [0.05, 0.1) is 4.90 Å². The number of likely N-dealkylation sites (tertiary alicyclic amines) is 1. The van der Waals surface area contributed by atoms with Gasteiger partial charge in [-0.1, -0.05) is 17.7 Å². The van der Waals surface area contributed by atoms with E-state index in [0.29, 0.717) is 23.6 Å². The molecule has 1 unspecified atom stereocenters. The van der Waals surface area contributed by atoms with Crippen molar-refractivity contribution >= 4 is 21.0 Å². The summed E-state index contributed by atoms with van der Waals surface area (Å²) in [6.45, 7) is 4.75. The second kappa shape index (κ2) is 9.05. The van der Waals surface area contributed by atoms with Gasteiger partial charge in [-0.15, -0.1) is 0 Å². The van der Waals surface area contributed by atoms with Crippen LogP contribution in [0, 0.1) is 12.8 Å². The zero-order valence-corrected chi connectivity index (χ0v) is 19.8. The number of aryl methyl sites for hydroxylation is 3. The minimum Gasteiger partial charge on any atom is -0.423 e. The van der Waals surface area contributed by atoms with Crippen LogP contribution in [0.3, 0.4) is 0 Å². The van der Waals surface area contributed by atoms with Crippen LogP contribution in [0.2, 0.25) is 0 Å². The summed E-state index contributed by atoms with van der Waals surface area (Å²) in [6.07, 6.45) is 5.27. The van der Waals surface area contributed by atoms with Crippen LogP contribution >= 0.6 is 0 Å². The van der Waals surface area contributed by atoms with Crippen LogP contribution in [0.15, 0.2) is 56.6 Å². The van der Waals surface area contributed by atoms with Crippen LogP contribution in [-0.4, -0.2) is 33.0 Å². The molecule has 1 saturated heterocycles. The maximum absolute atomic E-state index is 12.7. The fourth-order valence-corrected chi connectivity index (χ4v) is 6.27. The molecule has 1 aromatic heterocycles. The van der Waals surface area contributed by atoms with Crippen molar-refractivity contribution in [2.75, 3.05) is 19.6 Å². The highest BCUT2D eigenvalue weighted by Crippen LogP contribution is 2.29. The standard InChI is InChI=1S/C26H30N2O4S/c1-18-7-9-23(10-8-18)33(30,31)27-15-19-4-3-11-28(16-19)17-22-14-26(29)32-25-13-21-6-2-5-20(21)12-24(22)25/h7-10,12-14,19,27H,2-6,11,15-17H2,1H3. The summed E-state index contributed by atoms with van der Waals surface area (Å²) < 4.78 is 33.6. The van der Waals surface area contributed by atoms with E-state index in [2.05, 4.69) is 15.7 Å². The normalized spacial score (nSPS) is 19.1. The quantitative estimate of drug-likeness (QED) is 0.560. The number of hydrogen-bond acceptors (Lipinski definition) is 5. The van der Waals surface area contributed by atoms with Gasteiger partial charge in [-0.25, -0.2) is 17.9 Å². The average molecular weight is 467 g/mol. The minimum atomic E-state index is -3.52. The van der Waals surface area contributed by atoms with Crippen molar-refractivity contribution in [1.29, 1.82) is 0 Å².